The van der Waals surface area contributed by atoms with E-state index < -0.39 is 0 Å². The number of benzene rings is 2. The summed E-state index contributed by atoms with van der Waals surface area (Å²) < 4.78 is 11.9. The number of rotatable bonds is 3. The summed E-state index contributed by atoms with van der Waals surface area (Å²) in [6, 6.07) is 11.5. The molecule has 21 heavy (non-hydrogen) atoms. The standard InChI is InChI=1S/C17H18ClNO2/c1-17(2)9-12-4-3-5-15(16(12)21-17)20-10-11-6-7-13(18)14(19)8-11/h3-8H,9-10,19H2,1-2H3. The summed E-state index contributed by atoms with van der Waals surface area (Å²) in [5.74, 6) is 1.62. The van der Waals surface area contributed by atoms with E-state index in [1.807, 2.05) is 24.3 Å². The minimum absolute atomic E-state index is 0.174. The number of para-hydroxylation sites is 1. The van der Waals surface area contributed by atoms with Gasteiger partial charge in [0.2, 0.25) is 0 Å². The van der Waals surface area contributed by atoms with Crippen molar-refractivity contribution in [2.24, 2.45) is 0 Å². The van der Waals surface area contributed by atoms with Crippen molar-refractivity contribution >= 4 is 17.3 Å². The zero-order valence-electron chi connectivity index (χ0n) is 12.2. The number of ether oxygens (including phenoxy) is 2. The van der Waals surface area contributed by atoms with Gasteiger partial charge < -0.3 is 15.2 Å². The van der Waals surface area contributed by atoms with Crippen LogP contribution in [0.5, 0.6) is 11.5 Å². The van der Waals surface area contributed by atoms with Gasteiger partial charge in [0.1, 0.15) is 12.2 Å². The van der Waals surface area contributed by atoms with Crippen LogP contribution < -0.4 is 15.2 Å². The maximum atomic E-state index is 5.99. The van der Waals surface area contributed by atoms with Gasteiger partial charge >= 0.3 is 0 Å². The molecule has 0 aliphatic carbocycles. The number of nitrogen functional groups attached to an aromatic ring is 1. The summed E-state index contributed by atoms with van der Waals surface area (Å²) in [5, 5.41) is 0.560. The summed E-state index contributed by atoms with van der Waals surface area (Å²) in [6.07, 6.45) is 0.896. The van der Waals surface area contributed by atoms with Gasteiger partial charge in [-0.1, -0.05) is 29.8 Å². The summed E-state index contributed by atoms with van der Waals surface area (Å²) >= 11 is 5.92. The minimum atomic E-state index is -0.174. The minimum Gasteiger partial charge on any atom is -0.485 e. The second-order valence-corrected chi connectivity index (χ2v) is 6.33. The SMILES string of the molecule is CC1(C)Cc2cccc(OCc3ccc(Cl)c(N)c3)c2O1. The third kappa shape index (κ3) is 2.93. The van der Waals surface area contributed by atoms with Gasteiger partial charge in [-0.05, 0) is 37.6 Å². The van der Waals surface area contributed by atoms with Crippen molar-refractivity contribution in [1.82, 2.24) is 0 Å². The summed E-state index contributed by atoms with van der Waals surface area (Å²) in [6.45, 7) is 4.59. The first-order valence-corrected chi connectivity index (χ1v) is 7.30. The average Bonchev–Trinajstić information content (AvgIpc) is 2.74. The molecule has 110 valence electrons. The largest absolute Gasteiger partial charge is 0.485 e. The zero-order chi connectivity index (χ0) is 15.0. The zero-order valence-corrected chi connectivity index (χ0v) is 12.9. The highest BCUT2D eigenvalue weighted by Gasteiger charge is 2.32. The lowest BCUT2D eigenvalue weighted by atomic mass is 10.0. The molecule has 0 saturated carbocycles. The lowest BCUT2D eigenvalue weighted by Crippen LogP contribution is -2.24. The molecule has 4 heteroatoms. The summed E-state index contributed by atoms with van der Waals surface area (Å²) in [7, 11) is 0. The molecule has 0 atom stereocenters. The molecule has 1 aliphatic heterocycles. The topological polar surface area (TPSA) is 44.5 Å². The van der Waals surface area contributed by atoms with Crippen LogP contribution in [-0.2, 0) is 13.0 Å². The summed E-state index contributed by atoms with van der Waals surface area (Å²) in [4.78, 5) is 0. The van der Waals surface area contributed by atoms with E-state index >= 15 is 0 Å². The monoisotopic (exact) mass is 303 g/mol. The van der Waals surface area contributed by atoms with Gasteiger partial charge in [0, 0.05) is 12.0 Å². The quantitative estimate of drug-likeness (QED) is 0.864. The first-order valence-electron chi connectivity index (χ1n) is 6.92. The molecule has 1 aliphatic rings. The van der Waals surface area contributed by atoms with Crippen molar-refractivity contribution in [3.05, 3.63) is 52.5 Å². The van der Waals surface area contributed by atoms with Gasteiger partial charge in [-0.25, -0.2) is 0 Å². The van der Waals surface area contributed by atoms with E-state index in [0.29, 0.717) is 17.3 Å². The van der Waals surface area contributed by atoms with Crippen LogP contribution >= 0.6 is 11.6 Å². The molecule has 0 spiro atoms. The molecule has 3 rings (SSSR count). The predicted octanol–water partition coefficient (Wildman–Crippen LogP) is 4.21. The highest BCUT2D eigenvalue weighted by molar-refractivity contribution is 6.33. The van der Waals surface area contributed by atoms with Gasteiger partial charge in [-0.15, -0.1) is 0 Å². The van der Waals surface area contributed by atoms with Crippen molar-refractivity contribution in [2.45, 2.75) is 32.5 Å². The molecule has 2 aromatic rings. The van der Waals surface area contributed by atoms with Crippen LogP contribution in [0.25, 0.3) is 0 Å². The predicted molar refractivity (Wildman–Crippen MR) is 85.0 cm³/mol. The number of anilines is 1. The molecule has 0 aromatic heterocycles. The fraction of sp³-hybridized carbons (Fsp3) is 0.294. The maximum absolute atomic E-state index is 5.99. The van der Waals surface area contributed by atoms with Crippen molar-refractivity contribution < 1.29 is 9.47 Å². The maximum Gasteiger partial charge on any atom is 0.165 e. The van der Waals surface area contributed by atoms with E-state index in [-0.39, 0.29) is 5.60 Å². The lowest BCUT2D eigenvalue weighted by molar-refractivity contribution is 0.131. The van der Waals surface area contributed by atoms with E-state index in [0.717, 1.165) is 23.5 Å². The summed E-state index contributed by atoms with van der Waals surface area (Å²) in [5.41, 5.74) is 8.36. The Bertz CT molecular complexity index is 682. The third-order valence-electron chi connectivity index (χ3n) is 3.51. The number of hydrogen-bond donors (Lipinski definition) is 1. The van der Waals surface area contributed by atoms with E-state index in [9.17, 15) is 0 Å². The van der Waals surface area contributed by atoms with Crippen molar-refractivity contribution in [2.75, 3.05) is 5.73 Å². The van der Waals surface area contributed by atoms with Crippen LogP contribution in [0.1, 0.15) is 25.0 Å². The fourth-order valence-electron chi connectivity index (χ4n) is 2.55. The van der Waals surface area contributed by atoms with Crippen LogP contribution in [0, 0.1) is 0 Å². The van der Waals surface area contributed by atoms with Gasteiger partial charge in [-0.3, -0.25) is 0 Å². The lowest BCUT2D eigenvalue weighted by Gasteiger charge is -2.18. The van der Waals surface area contributed by atoms with Gasteiger partial charge in [-0.2, -0.15) is 0 Å². The Morgan fingerprint density at radius 1 is 1.29 bits per heavy atom. The Kier molecular flexibility index (Phi) is 3.46. The second kappa shape index (κ2) is 5.15. The van der Waals surface area contributed by atoms with E-state index in [1.54, 1.807) is 6.07 Å². The molecule has 0 unspecified atom stereocenters. The molecule has 0 saturated heterocycles. The van der Waals surface area contributed by atoms with Gasteiger partial charge in [0.25, 0.3) is 0 Å². The fourth-order valence-corrected chi connectivity index (χ4v) is 2.66. The van der Waals surface area contributed by atoms with Crippen LogP contribution in [0.3, 0.4) is 0 Å². The molecule has 0 bridgehead atoms. The number of halogens is 1. The molecule has 1 heterocycles. The van der Waals surface area contributed by atoms with E-state index in [1.165, 1.54) is 5.56 Å². The first kappa shape index (κ1) is 14.1. The van der Waals surface area contributed by atoms with Crippen molar-refractivity contribution in [1.29, 1.82) is 0 Å². The smallest absolute Gasteiger partial charge is 0.165 e. The normalized spacial score (nSPS) is 15.4. The molecular weight excluding hydrogens is 286 g/mol. The van der Waals surface area contributed by atoms with Crippen LogP contribution in [0.15, 0.2) is 36.4 Å². The highest BCUT2D eigenvalue weighted by Crippen LogP contribution is 2.42. The number of nitrogens with two attached hydrogens (primary N) is 1. The molecule has 0 amide bonds. The molecule has 3 nitrogen and oxygen atoms in total. The Labute approximate surface area is 129 Å². The molecule has 0 fully saturated rings. The molecule has 2 aromatic carbocycles. The second-order valence-electron chi connectivity index (χ2n) is 5.93. The Balaban J connectivity index is 1.78. The Hall–Kier alpha value is -1.87. The molecule has 2 N–H and O–H groups in total. The van der Waals surface area contributed by atoms with Gasteiger partial charge in [0.05, 0.1) is 10.7 Å². The number of fused-ring (bicyclic) bond motifs is 1. The van der Waals surface area contributed by atoms with Crippen LogP contribution in [0.4, 0.5) is 5.69 Å². The average molecular weight is 304 g/mol. The van der Waals surface area contributed by atoms with E-state index in [2.05, 4.69) is 19.9 Å². The molecule has 0 radical (unpaired) electrons. The Morgan fingerprint density at radius 2 is 2.10 bits per heavy atom. The van der Waals surface area contributed by atoms with Crippen LogP contribution in [-0.4, -0.2) is 5.60 Å². The first-order chi connectivity index (χ1) is 9.94. The Morgan fingerprint density at radius 3 is 2.86 bits per heavy atom. The number of hydrogen-bond acceptors (Lipinski definition) is 3. The van der Waals surface area contributed by atoms with E-state index in [4.69, 9.17) is 26.8 Å². The third-order valence-corrected chi connectivity index (χ3v) is 3.85. The highest BCUT2D eigenvalue weighted by atomic mass is 35.5. The van der Waals surface area contributed by atoms with Crippen molar-refractivity contribution in [3.63, 3.8) is 0 Å². The van der Waals surface area contributed by atoms with Crippen LogP contribution in [0.2, 0.25) is 5.02 Å². The molecular formula is C17H18ClNO2. The van der Waals surface area contributed by atoms with Crippen molar-refractivity contribution in [3.8, 4) is 11.5 Å². The van der Waals surface area contributed by atoms with Gasteiger partial charge in [0.15, 0.2) is 11.5 Å².